The first-order valence-electron chi connectivity index (χ1n) is 7.50. The van der Waals surface area contributed by atoms with E-state index < -0.39 is 0 Å². The SMILES string of the molecule is CCCNc1nc(CC)nc(Sc2ccccc2C)c1C. The fraction of sp³-hybridized carbons (Fsp3) is 0.412. The van der Waals surface area contributed by atoms with Gasteiger partial charge in [0.1, 0.15) is 16.7 Å². The zero-order valence-electron chi connectivity index (χ0n) is 13.2. The lowest BCUT2D eigenvalue weighted by Gasteiger charge is -2.13. The van der Waals surface area contributed by atoms with Crippen molar-refractivity contribution in [2.75, 3.05) is 11.9 Å². The predicted molar refractivity (Wildman–Crippen MR) is 90.2 cm³/mol. The number of rotatable bonds is 6. The smallest absolute Gasteiger partial charge is 0.133 e. The van der Waals surface area contributed by atoms with E-state index in [0.29, 0.717) is 0 Å². The molecule has 1 N–H and O–H groups in total. The number of hydrogen-bond acceptors (Lipinski definition) is 4. The molecule has 0 unspecified atom stereocenters. The fourth-order valence-corrected chi connectivity index (χ4v) is 2.97. The molecule has 0 saturated heterocycles. The van der Waals surface area contributed by atoms with E-state index in [0.717, 1.165) is 41.6 Å². The van der Waals surface area contributed by atoms with E-state index in [1.54, 1.807) is 11.8 Å². The van der Waals surface area contributed by atoms with E-state index >= 15 is 0 Å². The molecule has 2 aromatic rings. The van der Waals surface area contributed by atoms with Gasteiger partial charge in [0.2, 0.25) is 0 Å². The van der Waals surface area contributed by atoms with Crippen molar-refractivity contribution in [2.24, 2.45) is 0 Å². The fourth-order valence-electron chi connectivity index (χ4n) is 1.99. The Hall–Kier alpha value is -1.55. The van der Waals surface area contributed by atoms with Crippen molar-refractivity contribution in [3.8, 4) is 0 Å². The van der Waals surface area contributed by atoms with Gasteiger partial charge in [-0.3, -0.25) is 0 Å². The van der Waals surface area contributed by atoms with Crippen molar-refractivity contribution < 1.29 is 0 Å². The summed E-state index contributed by atoms with van der Waals surface area (Å²) >= 11 is 1.73. The number of benzene rings is 1. The first-order valence-corrected chi connectivity index (χ1v) is 8.32. The first kappa shape index (κ1) is 15.8. The molecule has 0 fully saturated rings. The lowest BCUT2D eigenvalue weighted by molar-refractivity contribution is 0.861. The highest BCUT2D eigenvalue weighted by molar-refractivity contribution is 7.99. The van der Waals surface area contributed by atoms with Crippen molar-refractivity contribution >= 4 is 17.6 Å². The molecule has 0 aliphatic heterocycles. The Balaban J connectivity index is 2.35. The highest BCUT2D eigenvalue weighted by Gasteiger charge is 2.12. The molecule has 0 spiro atoms. The van der Waals surface area contributed by atoms with Gasteiger partial charge in [-0.15, -0.1) is 0 Å². The molecule has 0 atom stereocenters. The summed E-state index contributed by atoms with van der Waals surface area (Å²) in [6.07, 6.45) is 1.94. The van der Waals surface area contributed by atoms with Crippen molar-refractivity contribution in [3.05, 3.63) is 41.2 Å². The van der Waals surface area contributed by atoms with Gasteiger partial charge in [-0.1, -0.05) is 43.8 Å². The quantitative estimate of drug-likeness (QED) is 0.789. The van der Waals surface area contributed by atoms with Crippen LogP contribution in [-0.2, 0) is 6.42 Å². The Morgan fingerprint density at radius 1 is 1.10 bits per heavy atom. The molecule has 3 nitrogen and oxygen atoms in total. The third-order valence-electron chi connectivity index (χ3n) is 3.31. The maximum Gasteiger partial charge on any atom is 0.133 e. The van der Waals surface area contributed by atoms with E-state index in [1.807, 2.05) is 0 Å². The van der Waals surface area contributed by atoms with Crippen molar-refractivity contribution in [1.82, 2.24) is 9.97 Å². The summed E-state index contributed by atoms with van der Waals surface area (Å²) in [4.78, 5) is 10.6. The number of aryl methyl sites for hydroxylation is 2. The summed E-state index contributed by atoms with van der Waals surface area (Å²) in [5.74, 6) is 1.87. The van der Waals surface area contributed by atoms with E-state index in [4.69, 9.17) is 4.98 Å². The van der Waals surface area contributed by atoms with Crippen LogP contribution in [0.15, 0.2) is 34.2 Å². The highest BCUT2D eigenvalue weighted by atomic mass is 32.2. The van der Waals surface area contributed by atoms with Crippen molar-refractivity contribution in [2.45, 2.75) is 50.5 Å². The number of hydrogen-bond donors (Lipinski definition) is 1. The molecule has 0 aliphatic carbocycles. The lowest BCUT2D eigenvalue weighted by Crippen LogP contribution is -2.08. The summed E-state index contributed by atoms with van der Waals surface area (Å²) in [6.45, 7) is 9.42. The number of nitrogens with zero attached hydrogens (tertiary/aromatic N) is 2. The molecule has 0 radical (unpaired) electrons. The standard InChI is InChI=1S/C17H23N3S/c1-5-11-18-16-13(4)17(20-15(6-2)19-16)21-14-10-8-7-9-12(14)3/h7-10H,5-6,11H2,1-4H3,(H,18,19,20). The van der Waals surface area contributed by atoms with Crippen LogP contribution in [0.25, 0.3) is 0 Å². The molecule has 0 amide bonds. The second-order valence-electron chi connectivity index (χ2n) is 5.07. The van der Waals surface area contributed by atoms with Gasteiger partial charge in [-0.05, 0) is 31.9 Å². The van der Waals surface area contributed by atoms with E-state index in [-0.39, 0.29) is 0 Å². The van der Waals surface area contributed by atoms with Gasteiger partial charge in [0.15, 0.2) is 0 Å². The monoisotopic (exact) mass is 301 g/mol. The maximum atomic E-state index is 4.71. The average molecular weight is 301 g/mol. The third kappa shape index (κ3) is 3.97. The number of nitrogens with one attached hydrogen (secondary N) is 1. The summed E-state index contributed by atoms with van der Waals surface area (Å²) in [7, 11) is 0. The Kier molecular flexibility index (Phi) is 5.62. The van der Waals surface area contributed by atoms with E-state index in [9.17, 15) is 0 Å². The minimum atomic E-state index is 0.850. The van der Waals surface area contributed by atoms with Crippen LogP contribution in [-0.4, -0.2) is 16.5 Å². The van der Waals surface area contributed by atoms with Crippen LogP contribution in [0.5, 0.6) is 0 Å². The Bertz CT molecular complexity index is 611. The normalized spacial score (nSPS) is 10.7. The van der Waals surface area contributed by atoms with Crippen LogP contribution in [0.1, 0.15) is 37.2 Å². The summed E-state index contributed by atoms with van der Waals surface area (Å²) in [5.41, 5.74) is 2.41. The first-order chi connectivity index (χ1) is 10.2. The van der Waals surface area contributed by atoms with Crippen LogP contribution in [0.4, 0.5) is 5.82 Å². The molecular formula is C17H23N3S. The number of anilines is 1. The van der Waals surface area contributed by atoms with Gasteiger partial charge in [0.05, 0.1) is 0 Å². The lowest BCUT2D eigenvalue weighted by atomic mass is 10.2. The zero-order valence-corrected chi connectivity index (χ0v) is 14.0. The molecule has 4 heteroatoms. The second kappa shape index (κ2) is 7.46. The van der Waals surface area contributed by atoms with Crippen molar-refractivity contribution in [1.29, 1.82) is 0 Å². The van der Waals surface area contributed by atoms with Crippen LogP contribution in [0.3, 0.4) is 0 Å². The zero-order chi connectivity index (χ0) is 15.2. The summed E-state index contributed by atoms with van der Waals surface area (Å²) in [5, 5.41) is 4.46. The molecule has 2 rings (SSSR count). The molecule has 1 heterocycles. The Morgan fingerprint density at radius 3 is 2.52 bits per heavy atom. The predicted octanol–water partition coefficient (Wildman–Crippen LogP) is 4.63. The topological polar surface area (TPSA) is 37.8 Å². The number of aromatic nitrogens is 2. The van der Waals surface area contributed by atoms with Gasteiger partial charge in [0.25, 0.3) is 0 Å². The molecule has 0 bridgehead atoms. The van der Waals surface area contributed by atoms with E-state index in [2.05, 4.69) is 62.3 Å². The minimum absolute atomic E-state index is 0.850. The molecule has 1 aromatic carbocycles. The molecule has 1 aromatic heterocycles. The molecule has 0 saturated carbocycles. The Labute approximate surface area is 131 Å². The molecular weight excluding hydrogens is 278 g/mol. The maximum absolute atomic E-state index is 4.71. The minimum Gasteiger partial charge on any atom is -0.370 e. The van der Waals surface area contributed by atoms with Crippen LogP contribution in [0.2, 0.25) is 0 Å². The third-order valence-corrected chi connectivity index (χ3v) is 4.58. The van der Waals surface area contributed by atoms with Crippen LogP contribution in [0, 0.1) is 13.8 Å². The van der Waals surface area contributed by atoms with Crippen LogP contribution < -0.4 is 5.32 Å². The molecule has 112 valence electrons. The average Bonchev–Trinajstić information content (AvgIpc) is 2.50. The summed E-state index contributed by atoms with van der Waals surface area (Å²) in [6, 6.07) is 8.42. The van der Waals surface area contributed by atoms with Gasteiger partial charge >= 0.3 is 0 Å². The van der Waals surface area contributed by atoms with Gasteiger partial charge in [0, 0.05) is 23.4 Å². The molecule has 0 aliphatic rings. The van der Waals surface area contributed by atoms with Gasteiger partial charge in [-0.2, -0.15) is 0 Å². The largest absolute Gasteiger partial charge is 0.370 e. The van der Waals surface area contributed by atoms with Crippen LogP contribution >= 0.6 is 11.8 Å². The Morgan fingerprint density at radius 2 is 1.86 bits per heavy atom. The van der Waals surface area contributed by atoms with Gasteiger partial charge in [-0.25, -0.2) is 9.97 Å². The van der Waals surface area contributed by atoms with Gasteiger partial charge < -0.3 is 5.32 Å². The highest BCUT2D eigenvalue weighted by Crippen LogP contribution is 2.33. The summed E-state index contributed by atoms with van der Waals surface area (Å²) < 4.78 is 0. The van der Waals surface area contributed by atoms with Crippen molar-refractivity contribution in [3.63, 3.8) is 0 Å². The van der Waals surface area contributed by atoms with E-state index in [1.165, 1.54) is 10.5 Å². The molecule has 21 heavy (non-hydrogen) atoms. The second-order valence-corrected chi connectivity index (χ2v) is 6.10.